The molecule has 2 aromatic carbocycles. The average molecular weight is 252 g/mol. The summed E-state index contributed by atoms with van der Waals surface area (Å²) in [5, 5.41) is 0. The first-order chi connectivity index (χ1) is 9.04. The van der Waals surface area contributed by atoms with Crippen LogP contribution in [0.5, 0.6) is 0 Å². The van der Waals surface area contributed by atoms with Crippen molar-refractivity contribution in [1.29, 1.82) is 0 Å². The van der Waals surface area contributed by atoms with E-state index in [9.17, 15) is 0 Å². The SMILES string of the molecule is Cc1cc(C)c2oc(-c3ccc(N)cc3C)nc2c1. The molecule has 0 radical (unpaired) electrons. The van der Waals surface area contributed by atoms with Crippen LogP contribution in [0.1, 0.15) is 16.7 Å². The number of rotatable bonds is 1. The van der Waals surface area contributed by atoms with E-state index in [1.54, 1.807) is 0 Å². The quantitative estimate of drug-likeness (QED) is 0.666. The van der Waals surface area contributed by atoms with Gasteiger partial charge in [0.05, 0.1) is 0 Å². The molecule has 3 aromatic rings. The van der Waals surface area contributed by atoms with Crippen LogP contribution in [0.25, 0.3) is 22.6 Å². The monoisotopic (exact) mass is 252 g/mol. The lowest BCUT2D eigenvalue weighted by Gasteiger charge is -2.01. The molecule has 2 N–H and O–H groups in total. The van der Waals surface area contributed by atoms with Gasteiger partial charge in [-0.15, -0.1) is 0 Å². The van der Waals surface area contributed by atoms with Crippen molar-refractivity contribution in [3.05, 3.63) is 47.0 Å². The van der Waals surface area contributed by atoms with Gasteiger partial charge in [0.1, 0.15) is 5.52 Å². The maximum atomic E-state index is 5.91. The Hall–Kier alpha value is -2.29. The van der Waals surface area contributed by atoms with Gasteiger partial charge in [-0.25, -0.2) is 4.98 Å². The Bertz CT molecular complexity index is 772. The molecule has 1 aromatic heterocycles. The van der Waals surface area contributed by atoms with Crippen molar-refractivity contribution in [3.8, 4) is 11.5 Å². The highest BCUT2D eigenvalue weighted by atomic mass is 16.3. The lowest BCUT2D eigenvalue weighted by Crippen LogP contribution is -1.88. The second-order valence-electron chi connectivity index (χ2n) is 5.02. The van der Waals surface area contributed by atoms with Gasteiger partial charge in [-0.3, -0.25) is 0 Å². The highest BCUT2D eigenvalue weighted by Gasteiger charge is 2.12. The van der Waals surface area contributed by atoms with Gasteiger partial charge < -0.3 is 10.2 Å². The van der Waals surface area contributed by atoms with Gasteiger partial charge in [-0.1, -0.05) is 6.07 Å². The number of aromatic nitrogens is 1. The summed E-state index contributed by atoms with van der Waals surface area (Å²) in [7, 11) is 0. The van der Waals surface area contributed by atoms with E-state index in [0.29, 0.717) is 5.89 Å². The standard InChI is InChI=1S/C16H16N2O/c1-9-6-11(3)15-14(7-9)18-16(19-15)13-5-4-12(17)8-10(13)2/h4-8H,17H2,1-3H3. The predicted molar refractivity (Wildman–Crippen MR) is 78.1 cm³/mol. The van der Waals surface area contributed by atoms with Gasteiger partial charge in [-0.05, 0) is 61.7 Å². The summed E-state index contributed by atoms with van der Waals surface area (Å²) in [6.07, 6.45) is 0. The summed E-state index contributed by atoms with van der Waals surface area (Å²) in [6, 6.07) is 9.91. The lowest BCUT2D eigenvalue weighted by molar-refractivity contribution is 0.617. The summed E-state index contributed by atoms with van der Waals surface area (Å²) in [4.78, 5) is 4.59. The summed E-state index contributed by atoms with van der Waals surface area (Å²) in [5.74, 6) is 0.654. The first-order valence-electron chi connectivity index (χ1n) is 6.29. The fraction of sp³-hybridized carbons (Fsp3) is 0.188. The minimum atomic E-state index is 0.654. The maximum Gasteiger partial charge on any atom is 0.227 e. The van der Waals surface area contributed by atoms with Crippen LogP contribution in [0, 0.1) is 20.8 Å². The third kappa shape index (κ3) is 1.97. The van der Waals surface area contributed by atoms with E-state index in [-0.39, 0.29) is 0 Å². The number of aryl methyl sites for hydroxylation is 3. The molecule has 0 bridgehead atoms. The number of fused-ring (bicyclic) bond motifs is 1. The predicted octanol–water partition coefficient (Wildman–Crippen LogP) is 4.00. The lowest BCUT2D eigenvalue weighted by atomic mass is 10.1. The highest BCUT2D eigenvalue weighted by Crippen LogP contribution is 2.29. The van der Waals surface area contributed by atoms with Gasteiger partial charge in [0.25, 0.3) is 0 Å². The number of hydrogen-bond acceptors (Lipinski definition) is 3. The largest absolute Gasteiger partial charge is 0.436 e. The van der Waals surface area contributed by atoms with Crippen LogP contribution in [-0.2, 0) is 0 Å². The zero-order chi connectivity index (χ0) is 13.6. The van der Waals surface area contributed by atoms with Gasteiger partial charge >= 0.3 is 0 Å². The fourth-order valence-corrected chi connectivity index (χ4v) is 2.42. The van der Waals surface area contributed by atoms with Crippen molar-refractivity contribution < 1.29 is 4.42 Å². The molecule has 3 heteroatoms. The maximum absolute atomic E-state index is 5.91. The van der Waals surface area contributed by atoms with Gasteiger partial charge in [0.2, 0.25) is 5.89 Å². The first kappa shape index (κ1) is 11.8. The Kier molecular flexibility index (Phi) is 2.56. The average Bonchev–Trinajstić information content (AvgIpc) is 2.72. The van der Waals surface area contributed by atoms with Crippen LogP contribution in [0.15, 0.2) is 34.7 Å². The molecule has 0 unspecified atom stereocenters. The van der Waals surface area contributed by atoms with Gasteiger partial charge in [0, 0.05) is 11.3 Å². The molecule has 0 aliphatic carbocycles. The zero-order valence-electron chi connectivity index (χ0n) is 11.3. The molecular formula is C16H16N2O. The molecule has 0 saturated carbocycles. The number of nitrogen functional groups attached to an aromatic ring is 1. The second-order valence-corrected chi connectivity index (χ2v) is 5.02. The normalized spacial score (nSPS) is 11.1. The minimum absolute atomic E-state index is 0.654. The number of nitrogens with two attached hydrogens (primary N) is 1. The van der Waals surface area contributed by atoms with Crippen molar-refractivity contribution in [3.63, 3.8) is 0 Å². The second kappa shape index (κ2) is 4.12. The summed E-state index contributed by atoms with van der Waals surface area (Å²) in [6.45, 7) is 6.12. The summed E-state index contributed by atoms with van der Waals surface area (Å²) >= 11 is 0. The molecule has 0 saturated heterocycles. The molecule has 0 aliphatic heterocycles. The number of benzene rings is 2. The topological polar surface area (TPSA) is 52.0 Å². The first-order valence-corrected chi connectivity index (χ1v) is 6.29. The zero-order valence-corrected chi connectivity index (χ0v) is 11.3. The molecule has 0 spiro atoms. The van der Waals surface area contributed by atoms with Crippen LogP contribution in [0.4, 0.5) is 5.69 Å². The molecule has 1 heterocycles. The Morgan fingerprint density at radius 3 is 2.53 bits per heavy atom. The van der Waals surface area contributed by atoms with Crippen molar-refractivity contribution in [2.45, 2.75) is 20.8 Å². The molecule has 96 valence electrons. The highest BCUT2D eigenvalue weighted by molar-refractivity contribution is 5.80. The van der Waals surface area contributed by atoms with Crippen molar-refractivity contribution >= 4 is 16.8 Å². The van der Waals surface area contributed by atoms with E-state index in [0.717, 1.165) is 33.5 Å². The molecule has 0 aliphatic rings. The Balaban J connectivity index is 2.23. The molecule has 3 nitrogen and oxygen atoms in total. The smallest absolute Gasteiger partial charge is 0.227 e. The molecule has 0 atom stereocenters. The number of hydrogen-bond donors (Lipinski definition) is 1. The van der Waals surface area contributed by atoms with E-state index in [1.165, 1.54) is 5.56 Å². The van der Waals surface area contributed by atoms with Crippen LogP contribution in [-0.4, -0.2) is 4.98 Å². The van der Waals surface area contributed by atoms with Crippen molar-refractivity contribution in [2.24, 2.45) is 0 Å². The minimum Gasteiger partial charge on any atom is -0.436 e. The van der Waals surface area contributed by atoms with Crippen molar-refractivity contribution in [1.82, 2.24) is 4.98 Å². The van der Waals surface area contributed by atoms with E-state index in [1.807, 2.05) is 38.1 Å². The number of nitrogens with zero attached hydrogens (tertiary/aromatic N) is 1. The van der Waals surface area contributed by atoms with Crippen molar-refractivity contribution in [2.75, 3.05) is 5.73 Å². The molecule has 3 rings (SSSR count). The third-order valence-corrected chi connectivity index (χ3v) is 3.30. The Labute approximate surface area is 112 Å². The fourth-order valence-electron chi connectivity index (χ4n) is 2.42. The molecular weight excluding hydrogens is 236 g/mol. The van der Waals surface area contributed by atoms with E-state index >= 15 is 0 Å². The van der Waals surface area contributed by atoms with E-state index in [4.69, 9.17) is 10.2 Å². The summed E-state index contributed by atoms with van der Waals surface area (Å²) in [5.41, 5.74) is 12.7. The van der Waals surface area contributed by atoms with E-state index in [2.05, 4.69) is 18.0 Å². The van der Waals surface area contributed by atoms with Crippen LogP contribution in [0.2, 0.25) is 0 Å². The van der Waals surface area contributed by atoms with Crippen LogP contribution >= 0.6 is 0 Å². The molecule has 0 fully saturated rings. The van der Waals surface area contributed by atoms with Crippen LogP contribution < -0.4 is 5.73 Å². The number of anilines is 1. The third-order valence-electron chi connectivity index (χ3n) is 3.30. The Morgan fingerprint density at radius 2 is 1.79 bits per heavy atom. The number of oxazole rings is 1. The van der Waals surface area contributed by atoms with Crippen LogP contribution in [0.3, 0.4) is 0 Å². The molecule has 19 heavy (non-hydrogen) atoms. The summed E-state index contributed by atoms with van der Waals surface area (Å²) < 4.78 is 5.91. The van der Waals surface area contributed by atoms with Gasteiger partial charge in [-0.2, -0.15) is 0 Å². The van der Waals surface area contributed by atoms with Gasteiger partial charge in [0.15, 0.2) is 5.58 Å². The molecule has 0 amide bonds. The Morgan fingerprint density at radius 1 is 1.00 bits per heavy atom. The van der Waals surface area contributed by atoms with E-state index < -0.39 is 0 Å².